The van der Waals surface area contributed by atoms with Crippen LogP contribution in [0.4, 0.5) is 8.78 Å². The number of alkyl halides is 1. The van der Waals surface area contributed by atoms with Gasteiger partial charge < -0.3 is 18.9 Å². The molecule has 7 nitrogen and oxygen atoms in total. The third-order valence-corrected chi connectivity index (χ3v) is 10.4. The van der Waals surface area contributed by atoms with Crippen molar-refractivity contribution in [3.8, 4) is 28.0 Å². The molecule has 9 heteroatoms. The van der Waals surface area contributed by atoms with Gasteiger partial charge in [0.2, 0.25) is 0 Å². The zero-order chi connectivity index (χ0) is 42.3. The number of unbranched alkanes of at least 4 members (excludes halogenated alkanes) is 1. The fraction of sp³-hybridized carbons (Fsp3) is 0.275. The smallest absolute Gasteiger partial charge is 0.338 e. The van der Waals surface area contributed by atoms with Gasteiger partial charge in [0.25, 0.3) is 0 Å². The van der Waals surface area contributed by atoms with Crippen LogP contribution in [0.25, 0.3) is 22.3 Å². The van der Waals surface area contributed by atoms with E-state index in [4.69, 9.17) is 18.9 Å². The summed E-state index contributed by atoms with van der Waals surface area (Å²) >= 11 is 0. The van der Waals surface area contributed by atoms with Gasteiger partial charge in [-0.1, -0.05) is 115 Å². The molecule has 0 spiro atoms. The van der Waals surface area contributed by atoms with Crippen molar-refractivity contribution in [1.29, 1.82) is 0 Å². The molecule has 1 unspecified atom stereocenters. The molecule has 60 heavy (non-hydrogen) atoms. The van der Waals surface area contributed by atoms with Gasteiger partial charge in [0.1, 0.15) is 36.6 Å². The first kappa shape index (κ1) is 43.2. The molecule has 5 atom stereocenters. The summed E-state index contributed by atoms with van der Waals surface area (Å²) in [6, 6.07) is 42.0. The van der Waals surface area contributed by atoms with Crippen molar-refractivity contribution in [2.24, 2.45) is 11.8 Å². The highest BCUT2D eigenvalue weighted by molar-refractivity contribution is 5.91. The molecule has 6 rings (SSSR count). The van der Waals surface area contributed by atoms with Gasteiger partial charge in [-0.25, -0.2) is 18.4 Å². The van der Waals surface area contributed by atoms with Crippen LogP contribution in [0.5, 0.6) is 5.75 Å². The normalized spacial score (nSPS) is 18.2. The maximum Gasteiger partial charge on any atom is 0.338 e. The van der Waals surface area contributed by atoms with E-state index in [9.17, 15) is 14.4 Å². The maximum atomic E-state index is 16.8. The summed E-state index contributed by atoms with van der Waals surface area (Å²) in [6.07, 6.45) is 2.00. The molecule has 0 aliphatic heterocycles. The van der Waals surface area contributed by atoms with E-state index < -0.39 is 54.6 Å². The van der Waals surface area contributed by atoms with Crippen LogP contribution in [0.3, 0.4) is 0 Å². The lowest BCUT2D eigenvalue weighted by Gasteiger charge is -2.27. The Hall–Kier alpha value is -6.35. The second-order valence-electron chi connectivity index (χ2n) is 15.0. The fourth-order valence-electron chi connectivity index (χ4n) is 7.42. The van der Waals surface area contributed by atoms with Crippen LogP contribution < -0.4 is 4.74 Å². The van der Waals surface area contributed by atoms with Crippen LogP contribution in [0.1, 0.15) is 66.7 Å². The highest BCUT2D eigenvalue weighted by Gasteiger charge is 2.50. The molecular weight excluding hydrogens is 763 g/mol. The summed E-state index contributed by atoms with van der Waals surface area (Å²) in [5.41, 5.74) is 4.34. The molecule has 1 saturated carbocycles. The van der Waals surface area contributed by atoms with Crippen LogP contribution in [0.15, 0.2) is 164 Å². The van der Waals surface area contributed by atoms with E-state index in [2.05, 4.69) is 0 Å². The largest absolute Gasteiger partial charge is 0.487 e. The lowest BCUT2D eigenvalue weighted by molar-refractivity contribution is -0.147. The standard InChI is InChI=1S/C51H50F2O7/c1-35(2)58-48(54)23-15-4-3-14-22-44-46(59-50(55)40-28-24-38(25-29-40)36-16-8-5-9-17-36)33-47(49(44)45(53)32-42(52)34-57-43-20-12-7-13-21-43)60-51(56)41-30-26-39(27-31-41)37-18-10-6-11-19-37/h3,5-14,16-21,24-32,35,44-47,49H,4,15,22-23,33-34H2,1-2H3/b14-3-,42-32?/t44-,45?,46-,47+,49-/m0/s1. The Morgan fingerprint density at radius 3 is 1.70 bits per heavy atom. The number of carbonyl (C=O) groups is 3. The lowest BCUT2D eigenvalue weighted by atomic mass is 9.86. The molecule has 1 fully saturated rings. The summed E-state index contributed by atoms with van der Waals surface area (Å²) in [5, 5.41) is 0. The lowest BCUT2D eigenvalue weighted by Crippen LogP contribution is -2.33. The van der Waals surface area contributed by atoms with Crippen molar-refractivity contribution < 1.29 is 42.1 Å². The first-order valence-corrected chi connectivity index (χ1v) is 20.4. The van der Waals surface area contributed by atoms with Gasteiger partial charge >= 0.3 is 17.9 Å². The highest BCUT2D eigenvalue weighted by Crippen LogP contribution is 2.43. The van der Waals surface area contributed by atoms with Gasteiger partial charge in [-0.2, -0.15) is 0 Å². The number of allylic oxidation sites excluding steroid dienone is 3. The zero-order valence-electron chi connectivity index (χ0n) is 33.8. The Balaban J connectivity index is 1.25. The number of esters is 3. The van der Waals surface area contributed by atoms with Gasteiger partial charge in [0.15, 0.2) is 0 Å². The van der Waals surface area contributed by atoms with E-state index in [0.29, 0.717) is 24.2 Å². The topological polar surface area (TPSA) is 88.1 Å². The van der Waals surface area contributed by atoms with Crippen LogP contribution in [-0.4, -0.2) is 49.0 Å². The van der Waals surface area contributed by atoms with Gasteiger partial charge in [0, 0.05) is 24.7 Å². The number of carbonyl (C=O) groups excluding carboxylic acids is 3. The molecule has 0 saturated heterocycles. The fourth-order valence-corrected chi connectivity index (χ4v) is 7.42. The molecule has 5 aromatic carbocycles. The quantitative estimate of drug-likeness (QED) is 0.0377. The van der Waals surface area contributed by atoms with E-state index in [1.54, 1.807) is 68.4 Å². The molecule has 5 aromatic rings. The number of ether oxygens (including phenoxy) is 4. The molecule has 310 valence electrons. The van der Waals surface area contributed by atoms with Crippen LogP contribution in [-0.2, 0) is 19.0 Å². The minimum Gasteiger partial charge on any atom is -0.487 e. The predicted molar refractivity (Wildman–Crippen MR) is 229 cm³/mol. The number of rotatable bonds is 18. The van der Waals surface area contributed by atoms with E-state index in [-0.39, 0.29) is 36.9 Å². The van der Waals surface area contributed by atoms with Gasteiger partial charge in [-0.15, -0.1) is 0 Å². The van der Waals surface area contributed by atoms with Crippen molar-refractivity contribution >= 4 is 17.9 Å². The Morgan fingerprint density at radius 1 is 0.667 bits per heavy atom. The SMILES string of the molecule is CC(C)OC(=O)CCC/C=C\C[C@@H]1[C@@H](C(F)C=C(F)COc2ccccc2)[C@H](OC(=O)c2ccc(-c3ccccc3)cc2)C[C@@H]1OC(=O)c1ccc(-c2ccccc2)cc1. The second kappa shape index (κ2) is 21.6. The van der Waals surface area contributed by atoms with Gasteiger partial charge in [-0.3, -0.25) is 4.79 Å². The first-order valence-electron chi connectivity index (χ1n) is 20.4. The highest BCUT2D eigenvalue weighted by atomic mass is 19.1. The van der Waals surface area contributed by atoms with Crippen molar-refractivity contribution in [3.05, 3.63) is 175 Å². The molecule has 0 heterocycles. The number of hydrogen-bond acceptors (Lipinski definition) is 7. The zero-order valence-corrected chi connectivity index (χ0v) is 33.8. The minimum absolute atomic E-state index is 0.0116. The molecule has 0 aromatic heterocycles. The summed E-state index contributed by atoms with van der Waals surface area (Å²) in [7, 11) is 0. The van der Waals surface area contributed by atoms with E-state index in [1.807, 2.05) is 97.1 Å². The average Bonchev–Trinajstić information content (AvgIpc) is 3.60. The average molecular weight is 813 g/mol. The minimum atomic E-state index is -1.94. The van der Waals surface area contributed by atoms with E-state index in [1.165, 1.54) is 0 Å². The summed E-state index contributed by atoms with van der Waals surface area (Å²) in [6.45, 7) is 3.08. The van der Waals surface area contributed by atoms with E-state index >= 15 is 8.78 Å². The Labute approximate surface area is 350 Å². The number of halogens is 2. The number of benzene rings is 5. The monoisotopic (exact) mass is 812 g/mol. The predicted octanol–water partition coefficient (Wildman–Crippen LogP) is 11.7. The third-order valence-electron chi connectivity index (χ3n) is 10.4. The van der Waals surface area contributed by atoms with Crippen molar-refractivity contribution in [2.75, 3.05) is 6.61 Å². The molecule has 0 amide bonds. The molecule has 1 aliphatic carbocycles. The summed E-state index contributed by atoms with van der Waals surface area (Å²) in [4.78, 5) is 39.6. The first-order chi connectivity index (χ1) is 29.1. The van der Waals surface area contributed by atoms with Crippen LogP contribution >= 0.6 is 0 Å². The Bertz CT molecular complexity index is 2190. The molecule has 0 N–H and O–H groups in total. The number of para-hydroxylation sites is 1. The Morgan fingerprint density at radius 2 is 1.17 bits per heavy atom. The van der Waals surface area contributed by atoms with Crippen molar-refractivity contribution in [1.82, 2.24) is 0 Å². The van der Waals surface area contributed by atoms with Crippen molar-refractivity contribution in [3.63, 3.8) is 0 Å². The molecular formula is C51H50F2O7. The van der Waals surface area contributed by atoms with E-state index in [0.717, 1.165) is 28.3 Å². The molecule has 0 bridgehead atoms. The Kier molecular flexibility index (Phi) is 15.6. The molecule has 1 aliphatic rings. The molecule has 0 radical (unpaired) electrons. The third kappa shape index (κ3) is 12.3. The number of hydrogen-bond donors (Lipinski definition) is 0. The summed E-state index contributed by atoms with van der Waals surface area (Å²) < 4.78 is 55.2. The van der Waals surface area contributed by atoms with Crippen LogP contribution in [0.2, 0.25) is 0 Å². The van der Waals surface area contributed by atoms with Gasteiger partial charge in [-0.05, 0) is 97.8 Å². The maximum absolute atomic E-state index is 16.8. The van der Waals surface area contributed by atoms with Crippen LogP contribution in [0, 0.1) is 11.8 Å². The van der Waals surface area contributed by atoms with Crippen molar-refractivity contribution in [2.45, 2.75) is 70.4 Å². The summed E-state index contributed by atoms with van der Waals surface area (Å²) in [5.74, 6) is -3.81. The second-order valence-corrected chi connectivity index (χ2v) is 15.0. The van der Waals surface area contributed by atoms with Gasteiger partial charge in [0.05, 0.1) is 17.2 Å².